The lowest BCUT2D eigenvalue weighted by Crippen LogP contribution is -2.44. The summed E-state index contributed by atoms with van der Waals surface area (Å²) in [6.45, 7) is 9.28. The number of nitrogens with zero attached hydrogens (tertiary/aromatic N) is 9. The van der Waals surface area contributed by atoms with Crippen LogP contribution in [0.3, 0.4) is 0 Å². The standard InChI is InChI=1S/C26H33N9O3/c1-16-28-18-15-27-8-5-19(18)35(16)25-30-21-20(22(31-25)33-11-13-38-14-12-33)29-23(32(21)4)24(36)34-9-6-17(7-10-34)26(2,3)37/h5,8,15,17,37H,6-7,9-14H2,1-4H3. The number of rotatable bonds is 4. The van der Waals surface area contributed by atoms with Crippen molar-refractivity contribution in [2.75, 3.05) is 44.3 Å². The number of carbonyl (C=O) groups excluding carboxylic acids is 1. The lowest BCUT2D eigenvalue weighted by molar-refractivity contribution is -0.0110. The molecular formula is C26H33N9O3. The first-order valence-corrected chi connectivity index (χ1v) is 13.1. The summed E-state index contributed by atoms with van der Waals surface area (Å²) >= 11 is 0. The monoisotopic (exact) mass is 519 g/mol. The Kier molecular flexibility index (Phi) is 6.03. The number of imidazole rings is 2. The van der Waals surface area contributed by atoms with Gasteiger partial charge in [-0.05, 0) is 45.6 Å². The van der Waals surface area contributed by atoms with Gasteiger partial charge < -0.3 is 24.2 Å². The van der Waals surface area contributed by atoms with Crippen molar-refractivity contribution in [2.24, 2.45) is 13.0 Å². The SMILES string of the molecule is Cc1nc2cnccc2n1-c1nc(N2CCOCC2)c2nc(C(=O)N3CCC(C(C)(C)O)CC3)n(C)c2n1. The number of hydrogen-bond acceptors (Lipinski definition) is 9. The van der Waals surface area contributed by atoms with Gasteiger partial charge >= 0.3 is 0 Å². The quantitative estimate of drug-likeness (QED) is 0.430. The van der Waals surface area contributed by atoms with Gasteiger partial charge in [-0.1, -0.05) is 0 Å². The van der Waals surface area contributed by atoms with E-state index in [4.69, 9.17) is 19.7 Å². The van der Waals surface area contributed by atoms with Crippen molar-refractivity contribution in [3.05, 3.63) is 30.1 Å². The summed E-state index contributed by atoms with van der Waals surface area (Å²) in [7, 11) is 1.83. The van der Waals surface area contributed by atoms with Crippen molar-refractivity contribution in [1.82, 2.24) is 39.0 Å². The van der Waals surface area contributed by atoms with Gasteiger partial charge in [-0.3, -0.25) is 14.3 Å². The van der Waals surface area contributed by atoms with Crippen molar-refractivity contribution < 1.29 is 14.6 Å². The molecule has 0 unspecified atom stereocenters. The summed E-state index contributed by atoms with van der Waals surface area (Å²) in [4.78, 5) is 41.1. The molecule has 1 N–H and O–H groups in total. The van der Waals surface area contributed by atoms with Gasteiger partial charge in [0, 0.05) is 39.4 Å². The Morgan fingerprint density at radius 2 is 1.82 bits per heavy atom. The number of amides is 1. The van der Waals surface area contributed by atoms with Crippen molar-refractivity contribution in [3.8, 4) is 5.95 Å². The van der Waals surface area contributed by atoms with Crippen LogP contribution in [0.1, 0.15) is 43.1 Å². The molecule has 0 atom stereocenters. The molecule has 4 aromatic rings. The molecule has 6 heterocycles. The van der Waals surface area contributed by atoms with Gasteiger partial charge in [-0.15, -0.1) is 0 Å². The molecule has 2 aliphatic heterocycles. The number of piperidine rings is 1. The Labute approximate surface area is 220 Å². The minimum absolute atomic E-state index is 0.135. The highest BCUT2D eigenvalue weighted by molar-refractivity contribution is 5.96. The zero-order valence-corrected chi connectivity index (χ0v) is 22.3. The molecule has 0 bridgehead atoms. The van der Waals surface area contributed by atoms with Crippen LogP contribution >= 0.6 is 0 Å². The molecule has 38 heavy (non-hydrogen) atoms. The van der Waals surface area contributed by atoms with Crippen LogP contribution < -0.4 is 4.90 Å². The first kappa shape index (κ1) is 24.7. The molecule has 2 saturated heterocycles. The van der Waals surface area contributed by atoms with Crippen molar-refractivity contribution in [2.45, 2.75) is 39.2 Å². The zero-order valence-electron chi connectivity index (χ0n) is 22.3. The highest BCUT2D eigenvalue weighted by atomic mass is 16.5. The van der Waals surface area contributed by atoms with Crippen molar-refractivity contribution in [1.29, 1.82) is 0 Å². The second-order valence-electron chi connectivity index (χ2n) is 10.7. The van der Waals surface area contributed by atoms with Gasteiger partial charge in [0.1, 0.15) is 11.3 Å². The number of aromatic nitrogens is 7. The topological polar surface area (TPSA) is 127 Å². The molecule has 12 heteroatoms. The number of likely N-dealkylation sites (tertiary alicyclic amines) is 1. The predicted molar refractivity (Wildman–Crippen MR) is 141 cm³/mol. The maximum absolute atomic E-state index is 13.7. The molecule has 6 rings (SSSR count). The highest BCUT2D eigenvalue weighted by Crippen LogP contribution is 2.31. The number of aliphatic hydroxyl groups is 1. The number of hydrogen-bond donors (Lipinski definition) is 1. The van der Waals surface area contributed by atoms with E-state index in [0.29, 0.717) is 68.1 Å². The molecule has 1 amide bonds. The van der Waals surface area contributed by atoms with Gasteiger partial charge in [-0.2, -0.15) is 9.97 Å². The van der Waals surface area contributed by atoms with Crippen LogP contribution in [-0.4, -0.2) is 95.0 Å². The lowest BCUT2D eigenvalue weighted by Gasteiger charge is -2.37. The minimum Gasteiger partial charge on any atom is -0.390 e. The summed E-state index contributed by atoms with van der Waals surface area (Å²) in [5.74, 6) is 2.26. The highest BCUT2D eigenvalue weighted by Gasteiger charge is 2.34. The molecule has 200 valence electrons. The minimum atomic E-state index is -0.752. The molecule has 2 aliphatic rings. The van der Waals surface area contributed by atoms with Crippen LogP contribution in [-0.2, 0) is 11.8 Å². The van der Waals surface area contributed by atoms with E-state index in [2.05, 4.69) is 14.9 Å². The molecule has 0 saturated carbocycles. The third-order valence-electron chi connectivity index (χ3n) is 7.80. The summed E-state index contributed by atoms with van der Waals surface area (Å²) < 4.78 is 9.26. The van der Waals surface area contributed by atoms with Crippen LogP contribution in [0.4, 0.5) is 5.82 Å². The molecule has 2 fully saturated rings. The second-order valence-corrected chi connectivity index (χ2v) is 10.7. The molecule has 4 aromatic heterocycles. The van der Waals surface area contributed by atoms with Gasteiger partial charge in [0.15, 0.2) is 17.0 Å². The van der Waals surface area contributed by atoms with E-state index in [-0.39, 0.29) is 11.8 Å². The fraction of sp³-hybridized carbons (Fsp3) is 0.538. The van der Waals surface area contributed by atoms with E-state index in [9.17, 15) is 9.90 Å². The van der Waals surface area contributed by atoms with Gasteiger partial charge in [-0.25, -0.2) is 9.97 Å². The molecule has 0 aromatic carbocycles. The van der Waals surface area contributed by atoms with E-state index >= 15 is 0 Å². The van der Waals surface area contributed by atoms with E-state index in [1.54, 1.807) is 17.0 Å². The van der Waals surface area contributed by atoms with Crippen LogP contribution in [0.5, 0.6) is 0 Å². The van der Waals surface area contributed by atoms with E-state index in [1.165, 1.54) is 0 Å². The summed E-state index contributed by atoms with van der Waals surface area (Å²) in [5.41, 5.74) is 2.05. The van der Waals surface area contributed by atoms with Crippen LogP contribution in [0.15, 0.2) is 18.5 Å². The Balaban J connectivity index is 1.44. The summed E-state index contributed by atoms with van der Waals surface area (Å²) in [6.07, 6.45) is 4.96. The number of anilines is 1. The average molecular weight is 520 g/mol. The Morgan fingerprint density at radius 3 is 2.53 bits per heavy atom. The number of aryl methyl sites for hydroxylation is 2. The molecule has 0 aliphatic carbocycles. The first-order chi connectivity index (χ1) is 18.2. The largest absolute Gasteiger partial charge is 0.390 e. The number of fused-ring (bicyclic) bond motifs is 2. The van der Waals surface area contributed by atoms with Crippen LogP contribution in [0, 0.1) is 12.8 Å². The van der Waals surface area contributed by atoms with Gasteiger partial charge in [0.05, 0.1) is 30.5 Å². The first-order valence-electron chi connectivity index (χ1n) is 13.1. The van der Waals surface area contributed by atoms with E-state index in [0.717, 1.165) is 29.7 Å². The number of morpholine rings is 1. The zero-order chi connectivity index (χ0) is 26.6. The molecular weight excluding hydrogens is 486 g/mol. The van der Waals surface area contributed by atoms with E-state index < -0.39 is 5.60 Å². The predicted octanol–water partition coefficient (Wildman–Crippen LogP) is 1.87. The Hall–Kier alpha value is -3.64. The fourth-order valence-electron chi connectivity index (χ4n) is 5.56. The average Bonchev–Trinajstić information content (AvgIpc) is 3.43. The third-order valence-corrected chi connectivity index (χ3v) is 7.80. The second kappa shape index (κ2) is 9.28. The van der Waals surface area contributed by atoms with Gasteiger partial charge in [0.2, 0.25) is 11.8 Å². The maximum atomic E-state index is 13.7. The molecule has 12 nitrogen and oxygen atoms in total. The van der Waals surface area contributed by atoms with Crippen LogP contribution in [0.2, 0.25) is 0 Å². The third kappa shape index (κ3) is 4.17. The fourth-order valence-corrected chi connectivity index (χ4v) is 5.56. The lowest BCUT2D eigenvalue weighted by atomic mass is 9.83. The number of ether oxygens (including phenoxy) is 1. The molecule has 0 spiro atoms. The number of pyridine rings is 1. The van der Waals surface area contributed by atoms with Crippen molar-refractivity contribution >= 4 is 33.9 Å². The normalized spacial score (nSPS) is 17.6. The van der Waals surface area contributed by atoms with Gasteiger partial charge in [0.25, 0.3) is 5.91 Å². The Morgan fingerprint density at radius 1 is 1.08 bits per heavy atom. The summed E-state index contributed by atoms with van der Waals surface area (Å²) in [5, 5.41) is 10.4. The molecule has 0 radical (unpaired) electrons. The smallest absolute Gasteiger partial charge is 0.289 e. The number of carbonyl (C=O) groups is 1. The van der Waals surface area contributed by atoms with Crippen molar-refractivity contribution in [3.63, 3.8) is 0 Å². The maximum Gasteiger partial charge on any atom is 0.289 e. The Bertz CT molecular complexity index is 1510. The van der Waals surface area contributed by atoms with Crippen LogP contribution in [0.25, 0.3) is 28.1 Å². The summed E-state index contributed by atoms with van der Waals surface area (Å²) in [6, 6.07) is 1.90. The van der Waals surface area contributed by atoms with E-state index in [1.807, 2.05) is 43.4 Å².